The Balaban J connectivity index is 1.06. The highest BCUT2D eigenvalue weighted by Gasteiger charge is 2.46. The first kappa shape index (κ1) is 40.2. The molecule has 0 aliphatic carbocycles. The third-order valence-corrected chi connectivity index (χ3v) is 19.9. The van der Waals surface area contributed by atoms with Crippen molar-refractivity contribution in [2.75, 3.05) is 9.80 Å². The minimum atomic E-state index is -0.993. The summed E-state index contributed by atoms with van der Waals surface area (Å²) in [4.78, 5) is 4.20. The number of benzene rings is 15. The van der Waals surface area contributed by atoms with E-state index in [1.807, 2.05) is 182 Å². The van der Waals surface area contributed by atoms with Crippen LogP contribution in [0.5, 0.6) is 0 Å². The van der Waals surface area contributed by atoms with Crippen molar-refractivity contribution in [1.82, 2.24) is 13.7 Å². The monoisotopic (exact) mass is 1300 g/mol. The van der Waals surface area contributed by atoms with Gasteiger partial charge in [0.05, 0.1) is 78.9 Å². The van der Waals surface area contributed by atoms with E-state index in [2.05, 4.69) is 59.4 Å². The number of rotatable bonds is 9. The standard InChI is InChI=1S/C94H66BN5/c1-94(2,3)67-56-76(63-33-13-6-14-34-63)93(77(57-67)64-35-15-7-16-36-64)100-86-58-69(97-80-44-24-19-39-71(80)72-40-20-25-45-81(72)97)50-52-79(86)95-78-51-49-65(61-29-9-4-10-30-61)53-85(78)99(89-59-70(60-90(100)92(89)95)98-82-46-26-21-41-73(82)74-42-22-27-47-83(74)98)88-55-66(62-31-11-5-12-32-62)54-87-91(88)75-43-23-28-48-84(75)96(87)68-37-17-8-18-38-68/h4-60H,1-3H3/i4D,9D,10D,19D,20D,21D,22D,24D,25D,26D,27D,29D,30D,39D,40D,41D,42D,44D,45D,46D,47D. The normalized spacial score (nSPS) is 15.6. The molecule has 0 radical (unpaired) electrons. The van der Waals surface area contributed by atoms with Gasteiger partial charge in [-0.3, -0.25) is 0 Å². The smallest absolute Gasteiger partial charge is 0.252 e. The zero-order chi connectivity index (χ0) is 84.6. The van der Waals surface area contributed by atoms with Gasteiger partial charge in [-0.2, -0.15) is 0 Å². The summed E-state index contributed by atoms with van der Waals surface area (Å²) in [5.41, 5.74) is 11.2. The summed E-state index contributed by atoms with van der Waals surface area (Å²) in [7, 11) is 0. The minimum absolute atomic E-state index is 0.104. The van der Waals surface area contributed by atoms with Crippen LogP contribution in [0.3, 0.4) is 0 Å². The maximum absolute atomic E-state index is 10.2. The van der Waals surface area contributed by atoms with E-state index in [1.165, 1.54) is 9.13 Å². The van der Waals surface area contributed by atoms with Crippen molar-refractivity contribution in [1.29, 1.82) is 0 Å². The Morgan fingerprint density at radius 2 is 0.740 bits per heavy atom. The molecule has 3 aromatic heterocycles. The van der Waals surface area contributed by atoms with Gasteiger partial charge in [-0.25, -0.2) is 0 Å². The Bertz CT molecular complexity index is 7410. The lowest BCUT2D eigenvalue weighted by atomic mass is 9.33. The van der Waals surface area contributed by atoms with E-state index < -0.39 is 139 Å². The van der Waals surface area contributed by atoms with E-state index in [-0.39, 0.29) is 66.1 Å². The van der Waals surface area contributed by atoms with Crippen LogP contribution in [0.1, 0.15) is 55.1 Å². The number of para-hydroxylation sites is 6. The summed E-state index contributed by atoms with van der Waals surface area (Å²) >= 11 is 0. The fourth-order valence-electron chi connectivity index (χ4n) is 15.5. The van der Waals surface area contributed by atoms with Gasteiger partial charge in [-0.1, -0.05) is 269 Å². The highest BCUT2D eigenvalue weighted by Crippen LogP contribution is 2.55. The molecule has 0 saturated heterocycles. The van der Waals surface area contributed by atoms with Crippen molar-refractivity contribution in [3.05, 3.63) is 351 Å². The van der Waals surface area contributed by atoms with Crippen LogP contribution in [0.25, 0.3) is 127 Å². The van der Waals surface area contributed by atoms with Gasteiger partial charge in [0.25, 0.3) is 6.71 Å². The lowest BCUT2D eigenvalue weighted by Gasteiger charge is -2.46. The molecule has 20 rings (SSSR count). The third-order valence-electron chi connectivity index (χ3n) is 19.9. The molecule has 0 saturated carbocycles. The summed E-state index contributed by atoms with van der Waals surface area (Å²) in [6.07, 6.45) is 0. The van der Waals surface area contributed by atoms with Crippen molar-refractivity contribution in [2.24, 2.45) is 0 Å². The highest BCUT2D eigenvalue weighted by atomic mass is 15.2. The lowest BCUT2D eigenvalue weighted by Crippen LogP contribution is -2.61. The Morgan fingerprint density at radius 3 is 1.31 bits per heavy atom. The molecule has 18 aromatic rings. The molecular weight excluding hydrogens is 1210 g/mol. The van der Waals surface area contributed by atoms with E-state index in [1.54, 1.807) is 12.1 Å². The number of nitrogens with zero attached hydrogens (tertiary/aromatic N) is 5. The van der Waals surface area contributed by atoms with Crippen LogP contribution in [0, 0.1) is 0 Å². The molecule has 0 bridgehead atoms. The quantitative estimate of drug-likeness (QED) is 0.134. The summed E-state index contributed by atoms with van der Waals surface area (Å²) in [6, 6.07) is 58.3. The molecule has 0 amide bonds. The van der Waals surface area contributed by atoms with Gasteiger partial charge in [-0.05, 0) is 158 Å². The number of anilines is 6. The molecule has 100 heavy (non-hydrogen) atoms. The zero-order valence-corrected chi connectivity index (χ0v) is 54.1. The van der Waals surface area contributed by atoms with Gasteiger partial charge >= 0.3 is 0 Å². The fourth-order valence-corrected chi connectivity index (χ4v) is 15.5. The second-order valence-electron chi connectivity index (χ2n) is 26.4. The zero-order valence-electron chi connectivity index (χ0n) is 75.1. The Morgan fingerprint density at radius 1 is 0.290 bits per heavy atom. The predicted molar refractivity (Wildman–Crippen MR) is 424 cm³/mol. The average Bonchev–Trinajstić information content (AvgIpc) is 1.54. The van der Waals surface area contributed by atoms with Gasteiger partial charge in [0.2, 0.25) is 0 Å². The van der Waals surface area contributed by atoms with E-state index in [9.17, 15) is 24.7 Å². The van der Waals surface area contributed by atoms with Gasteiger partial charge in [0.15, 0.2) is 0 Å². The largest absolute Gasteiger partial charge is 0.311 e. The van der Waals surface area contributed by atoms with Crippen molar-refractivity contribution >= 4 is 123 Å². The molecule has 2 aliphatic heterocycles. The van der Waals surface area contributed by atoms with Gasteiger partial charge in [-0.15, -0.1) is 0 Å². The number of aromatic nitrogens is 3. The Hall–Kier alpha value is -12.6. The highest BCUT2D eigenvalue weighted by molar-refractivity contribution is 7.00. The summed E-state index contributed by atoms with van der Waals surface area (Å²) in [5.74, 6) is 0. The molecule has 0 atom stereocenters. The number of fused-ring (bicyclic) bond motifs is 13. The van der Waals surface area contributed by atoms with Gasteiger partial charge in [0.1, 0.15) is 0 Å². The number of hydrogen-bond donors (Lipinski definition) is 0. The topological polar surface area (TPSA) is 21.3 Å². The summed E-state index contributed by atoms with van der Waals surface area (Å²) in [5, 5.41) is 0.795. The van der Waals surface area contributed by atoms with Gasteiger partial charge in [0, 0.05) is 77.6 Å². The maximum Gasteiger partial charge on any atom is 0.252 e. The van der Waals surface area contributed by atoms with Crippen LogP contribution < -0.4 is 26.2 Å². The van der Waals surface area contributed by atoms with Crippen LogP contribution in [0.15, 0.2) is 345 Å². The number of hydrogen-bond acceptors (Lipinski definition) is 2. The molecular formula is C94H66BN5. The van der Waals surface area contributed by atoms with Crippen LogP contribution in [0.4, 0.5) is 34.1 Å². The molecule has 15 aromatic carbocycles. The van der Waals surface area contributed by atoms with Crippen molar-refractivity contribution in [3.8, 4) is 61.6 Å². The lowest BCUT2D eigenvalue weighted by molar-refractivity contribution is 0.591. The molecule has 2 aliphatic rings. The summed E-state index contributed by atoms with van der Waals surface area (Å²) in [6.45, 7) is 5.38. The van der Waals surface area contributed by atoms with Crippen LogP contribution in [-0.2, 0) is 5.41 Å². The van der Waals surface area contributed by atoms with Crippen molar-refractivity contribution in [2.45, 2.75) is 26.2 Å². The third kappa shape index (κ3) is 8.83. The molecule has 0 spiro atoms. The molecule has 0 fully saturated rings. The van der Waals surface area contributed by atoms with Crippen molar-refractivity contribution < 1.29 is 28.8 Å². The minimum Gasteiger partial charge on any atom is -0.311 e. The van der Waals surface area contributed by atoms with Crippen LogP contribution >= 0.6 is 0 Å². The average molecular weight is 1300 g/mol. The van der Waals surface area contributed by atoms with Crippen LogP contribution in [0.2, 0.25) is 0 Å². The summed E-state index contributed by atoms with van der Waals surface area (Å²) < 4.78 is 206. The second-order valence-corrected chi connectivity index (χ2v) is 26.4. The molecule has 6 heteroatoms. The van der Waals surface area contributed by atoms with Crippen LogP contribution in [-0.4, -0.2) is 20.4 Å². The van der Waals surface area contributed by atoms with Crippen molar-refractivity contribution in [3.63, 3.8) is 0 Å². The first-order valence-corrected chi connectivity index (χ1v) is 33.1. The molecule has 470 valence electrons. The fraction of sp³-hybridized carbons (Fsp3) is 0.0426. The Labute approximate surface area is 611 Å². The van der Waals surface area contributed by atoms with Gasteiger partial charge < -0.3 is 23.5 Å². The molecule has 0 unspecified atom stereocenters. The van der Waals surface area contributed by atoms with E-state index in [4.69, 9.17) is 4.11 Å². The second kappa shape index (κ2) is 22.5. The van der Waals surface area contributed by atoms with E-state index in [0.29, 0.717) is 67.0 Å². The predicted octanol–water partition coefficient (Wildman–Crippen LogP) is 23.0. The first-order valence-electron chi connectivity index (χ1n) is 43.6. The first-order chi connectivity index (χ1) is 58.0. The molecule has 5 heterocycles. The van der Waals surface area contributed by atoms with E-state index >= 15 is 0 Å². The SMILES string of the molecule is [2H]c1c([2H])c([2H])c(-c2ccc3c(c2)N(c2cc(-c4ccccc4)cc4c2c2ccccc2n4-c2ccccc2)c2cc(-n4c5c([2H])c([2H])c([2H])c([2H])c5c5c([2H])c([2H])c([2H])c([2H])c54)cc4c2B3c2ccc(-n3c5c([2H])c([2H])c([2H])c([2H])c5c5c([2H])c([2H])c([2H])c([2H])c53)cc2N4c2c(-c3ccccc3)cc(C(C)(C)C)cc2-c2ccccc2)c([2H])c1[2H]. The van der Waals surface area contributed by atoms with E-state index in [0.717, 1.165) is 49.9 Å². The Kier molecular flexibility index (Phi) is 9.03. The maximum atomic E-state index is 10.2. The molecule has 5 nitrogen and oxygen atoms in total. The molecule has 0 N–H and O–H groups in total.